The van der Waals surface area contributed by atoms with Crippen LogP contribution in [0.1, 0.15) is 65.7 Å². The van der Waals surface area contributed by atoms with E-state index in [0.717, 1.165) is 32.1 Å². The highest BCUT2D eigenvalue weighted by Gasteiger charge is 2.48. The monoisotopic (exact) mass is 368 g/mol. The SMILES string of the molecule is CCC[C@H](NC(C)C(=O)N1C(C(=O)O)C[C@@H]2CCCC[C@@H]21)C(=O)OCC. The van der Waals surface area contributed by atoms with Gasteiger partial charge in [0.15, 0.2) is 0 Å². The van der Waals surface area contributed by atoms with Crippen molar-refractivity contribution in [3.63, 3.8) is 0 Å². The van der Waals surface area contributed by atoms with Gasteiger partial charge < -0.3 is 14.7 Å². The van der Waals surface area contributed by atoms with Gasteiger partial charge in [-0.05, 0) is 45.4 Å². The zero-order chi connectivity index (χ0) is 19.3. The second-order valence-corrected chi connectivity index (χ2v) is 7.43. The third-order valence-electron chi connectivity index (χ3n) is 5.60. The average molecular weight is 368 g/mol. The predicted octanol–water partition coefficient (Wildman–Crippen LogP) is 1.94. The van der Waals surface area contributed by atoms with Gasteiger partial charge in [0.2, 0.25) is 5.91 Å². The first-order valence-corrected chi connectivity index (χ1v) is 9.88. The summed E-state index contributed by atoms with van der Waals surface area (Å²) in [5.74, 6) is -1.24. The van der Waals surface area contributed by atoms with Crippen molar-refractivity contribution in [2.24, 2.45) is 5.92 Å². The lowest BCUT2D eigenvalue weighted by Gasteiger charge is -2.35. The average Bonchev–Trinajstić information content (AvgIpc) is 3.00. The van der Waals surface area contributed by atoms with E-state index < -0.39 is 24.1 Å². The van der Waals surface area contributed by atoms with Gasteiger partial charge in [-0.2, -0.15) is 0 Å². The van der Waals surface area contributed by atoms with Crippen LogP contribution < -0.4 is 5.32 Å². The van der Waals surface area contributed by atoms with Crippen molar-refractivity contribution < 1.29 is 24.2 Å². The van der Waals surface area contributed by atoms with E-state index >= 15 is 0 Å². The van der Waals surface area contributed by atoms with Gasteiger partial charge in [0, 0.05) is 6.04 Å². The summed E-state index contributed by atoms with van der Waals surface area (Å²) in [6.07, 6.45) is 5.87. The zero-order valence-corrected chi connectivity index (χ0v) is 16.1. The normalized spacial score (nSPS) is 27.5. The number of hydrogen-bond donors (Lipinski definition) is 2. The van der Waals surface area contributed by atoms with Crippen LogP contribution in [-0.4, -0.2) is 58.6 Å². The first-order valence-electron chi connectivity index (χ1n) is 9.88. The molecule has 2 rings (SSSR count). The minimum Gasteiger partial charge on any atom is -0.480 e. The van der Waals surface area contributed by atoms with Crippen LogP contribution >= 0.6 is 0 Å². The predicted molar refractivity (Wildman–Crippen MR) is 96.6 cm³/mol. The molecule has 5 atom stereocenters. The summed E-state index contributed by atoms with van der Waals surface area (Å²) in [6.45, 7) is 5.72. The Labute approximate surface area is 155 Å². The van der Waals surface area contributed by atoms with Crippen molar-refractivity contribution in [1.82, 2.24) is 10.2 Å². The summed E-state index contributed by atoms with van der Waals surface area (Å²) in [7, 11) is 0. The number of esters is 1. The molecule has 1 saturated carbocycles. The Balaban J connectivity index is 2.10. The first-order chi connectivity index (χ1) is 12.4. The summed E-state index contributed by atoms with van der Waals surface area (Å²) < 4.78 is 5.09. The van der Waals surface area contributed by atoms with Gasteiger partial charge in [-0.1, -0.05) is 26.2 Å². The maximum absolute atomic E-state index is 13.1. The fraction of sp³-hybridized carbons (Fsp3) is 0.842. The molecule has 0 aromatic rings. The lowest BCUT2D eigenvalue weighted by atomic mass is 9.84. The maximum atomic E-state index is 13.1. The van der Waals surface area contributed by atoms with E-state index in [-0.39, 0.29) is 23.8 Å². The van der Waals surface area contributed by atoms with Crippen molar-refractivity contribution in [3.8, 4) is 0 Å². The van der Waals surface area contributed by atoms with Gasteiger partial charge in [-0.15, -0.1) is 0 Å². The molecule has 7 heteroatoms. The van der Waals surface area contributed by atoms with Crippen LogP contribution in [0, 0.1) is 5.92 Å². The van der Waals surface area contributed by atoms with Gasteiger partial charge in [0.05, 0.1) is 12.6 Å². The number of aliphatic carboxylic acids is 1. The Kier molecular flexibility index (Phi) is 7.43. The molecular weight excluding hydrogens is 336 g/mol. The van der Waals surface area contributed by atoms with Crippen molar-refractivity contribution in [2.75, 3.05) is 6.61 Å². The molecule has 1 aliphatic heterocycles. The number of hydrogen-bond acceptors (Lipinski definition) is 5. The highest BCUT2D eigenvalue weighted by Crippen LogP contribution is 2.40. The van der Waals surface area contributed by atoms with Crippen LogP contribution in [0.5, 0.6) is 0 Å². The molecule has 26 heavy (non-hydrogen) atoms. The van der Waals surface area contributed by atoms with Crippen LogP contribution in [-0.2, 0) is 19.1 Å². The lowest BCUT2D eigenvalue weighted by Crippen LogP contribution is -2.55. The fourth-order valence-corrected chi connectivity index (χ4v) is 4.39. The number of amides is 1. The van der Waals surface area contributed by atoms with E-state index in [9.17, 15) is 19.5 Å². The molecule has 0 spiro atoms. The van der Waals surface area contributed by atoms with E-state index in [2.05, 4.69) is 5.32 Å². The summed E-state index contributed by atoms with van der Waals surface area (Å²) in [5.41, 5.74) is 0. The topological polar surface area (TPSA) is 95.9 Å². The number of carbonyl (C=O) groups excluding carboxylic acids is 2. The van der Waals surface area contributed by atoms with Crippen molar-refractivity contribution in [1.29, 1.82) is 0 Å². The number of carbonyl (C=O) groups is 3. The molecule has 1 aliphatic carbocycles. The van der Waals surface area contributed by atoms with Crippen LogP contribution in [0.4, 0.5) is 0 Å². The number of fused-ring (bicyclic) bond motifs is 1. The largest absolute Gasteiger partial charge is 0.480 e. The molecule has 2 fully saturated rings. The highest BCUT2D eigenvalue weighted by atomic mass is 16.5. The molecule has 0 bridgehead atoms. The molecule has 0 radical (unpaired) electrons. The quantitative estimate of drug-likeness (QED) is 0.636. The summed E-state index contributed by atoms with van der Waals surface area (Å²) >= 11 is 0. The summed E-state index contributed by atoms with van der Waals surface area (Å²) in [4.78, 5) is 38.5. The Morgan fingerprint density at radius 2 is 1.92 bits per heavy atom. The van der Waals surface area contributed by atoms with E-state index in [4.69, 9.17) is 4.74 Å². The van der Waals surface area contributed by atoms with E-state index in [1.54, 1.807) is 18.7 Å². The van der Waals surface area contributed by atoms with Gasteiger partial charge >= 0.3 is 11.9 Å². The van der Waals surface area contributed by atoms with Crippen molar-refractivity contribution >= 4 is 17.8 Å². The van der Waals surface area contributed by atoms with E-state index in [1.807, 2.05) is 6.92 Å². The standard InChI is InChI=1S/C19H32N2O5/c1-4-8-14(19(25)26-5-2)20-12(3)17(22)21-15-10-7-6-9-13(15)11-16(21)18(23)24/h12-16,20H,4-11H2,1-3H3,(H,23,24)/t12?,13-,14-,15-,16?/m0/s1. The number of ether oxygens (including phenoxy) is 1. The smallest absolute Gasteiger partial charge is 0.326 e. The highest BCUT2D eigenvalue weighted by molar-refractivity contribution is 5.88. The summed E-state index contributed by atoms with van der Waals surface area (Å²) in [6, 6.07) is -1.92. The van der Waals surface area contributed by atoms with Gasteiger partial charge in [0.1, 0.15) is 12.1 Å². The third-order valence-corrected chi connectivity index (χ3v) is 5.60. The molecule has 2 aliphatic rings. The molecule has 7 nitrogen and oxygen atoms in total. The summed E-state index contributed by atoms with van der Waals surface area (Å²) in [5, 5.41) is 12.7. The van der Waals surface area contributed by atoms with Crippen molar-refractivity contribution in [2.45, 2.75) is 89.9 Å². The molecule has 0 aromatic heterocycles. The minimum atomic E-state index is -0.935. The minimum absolute atomic E-state index is 0.00817. The van der Waals surface area contributed by atoms with Gasteiger partial charge in [0.25, 0.3) is 0 Å². The van der Waals surface area contributed by atoms with E-state index in [1.165, 1.54) is 0 Å². The Morgan fingerprint density at radius 1 is 1.23 bits per heavy atom. The second-order valence-electron chi connectivity index (χ2n) is 7.43. The first kappa shape index (κ1) is 20.7. The molecule has 1 amide bonds. The Morgan fingerprint density at radius 3 is 2.54 bits per heavy atom. The van der Waals surface area contributed by atoms with Crippen LogP contribution in [0.15, 0.2) is 0 Å². The second kappa shape index (κ2) is 9.35. The molecule has 2 unspecified atom stereocenters. The molecule has 2 N–H and O–H groups in total. The molecule has 1 heterocycles. The number of rotatable bonds is 8. The van der Waals surface area contributed by atoms with Gasteiger partial charge in [-0.25, -0.2) is 4.79 Å². The molecule has 1 saturated heterocycles. The third kappa shape index (κ3) is 4.55. The Bertz CT molecular complexity index is 524. The number of nitrogens with zero attached hydrogens (tertiary/aromatic N) is 1. The molecular formula is C19H32N2O5. The number of carboxylic acid groups (broad SMARTS) is 1. The van der Waals surface area contributed by atoms with Gasteiger partial charge in [-0.3, -0.25) is 14.9 Å². The maximum Gasteiger partial charge on any atom is 0.326 e. The number of nitrogens with one attached hydrogen (secondary N) is 1. The van der Waals surface area contributed by atoms with E-state index in [0.29, 0.717) is 19.4 Å². The number of likely N-dealkylation sites (tertiary alicyclic amines) is 1. The zero-order valence-electron chi connectivity index (χ0n) is 16.1. The van der Waals surface area contributed by atoms with Crippen LogP contribution in [0.3, 0.4) is 0 Å². The molecule has 148 valence electrons. The number of carboxylic acids is 1. The van der Waals surface area contributed by atoms with Crippen LogP contribution in [0.2, 0.25) is 0 Å². The van der Waals surface area contributed by atoms with Crippen molar-refractivity contribution in [3.05, 3.63) is 0 Å². The fourth-order valence-electron chi connectivity index (χ4n) is 4.39. The Hall–Kier alpha value is -1.63. The lowest BCUT2D eigenvalue weighted by molar-refractivity contribution is -0.152. The van der Waals surface area contributed by atoms with Crippen LogP contribution in [0.25, 0.3) is 0 Å². The molecule has 0 aromatic carbocycles.